The molecule has 1 aliphatic heterocycles. The third-order valence-electron chi connectivity index (χ3n) is 4.81. The number of benzene rings is 1. The van der Waals surface area contributed by atoms with E-state index in [0.717, 1.165) is 43.4 Å². The van der Waals surface area contributed by atoms with Gasteiger partial charge in [-0.05, 0) is 57.8 Å². The van der Waals surface area contributed by atoms with E-state index in [2.05, 4.69) is 34.0 Å². The van der Waals surface area contributed by atoms with E-state index in [1.165, 1.54) is 6.33 Å². The average Bonchev–Trinajstić information content (AvgIpc) is 2.65. The molecule has 1 N–H and O–H groups in total. The molecule has 1 saturated heterocycles. The summed E-state index contributed by atoms with van der Waals surface area (Å²) >= 11 is 0. The largest absolute Gasteiger partial charge is 0.467 e. The van der Waals surface area contributed by atoms with E-state index in [9.17, 15) is 4.79 Å². The molecule has 25 heavy (non-hydrogen) atoms. The average molecular weight is 342 g/mol. The van der Waals surface area contributed by atoms with E-state index >= 15 is 0 Å². The third kappa shape index (κ3) is 4.66. The Morgan fingerprint density at radius 3 is 2.80 bits per heavy atom. The Bertz CT molecular complexity index is 706. The van der Waals surface area contributed by atoms with Gasteiger partial charge in [0.2, 0.25) is 5.88 Å². The summed E-state index contributed by atoms with van der Waals surface area (Å²) in [5.41, 5.74) is 0.810. The number of nitrogens with one attached hydrogen (secondary N) is 1. The van der Waals surface area contributed by atoms with Crippen molar-refractivity contribution in [1.29, 1.82) is 0 Å². The zero-order valence-corrected chi connectivity index (χ0v) is 14.9. The number of aromatic nitrogens is 2. The molecule has 0 unspecified atom stereocenters. The first-order valence-corrected chi connectivity index (χ1v) is 8.97. The minimum absolute atomic E-state index is 0.0220. The first-order valence-electron chi connectivity index (χ1n) is 8.97. The Morgan fingerprint density at radius 1 is 1.28 bits per heavy atom. The molecule has 134 valence electrons. The molecule has 1 aromatic carbocycles. The van der Waals surface area contributed by atoms with E-state index in [1.807, 2.05) is 24.3 Å². The fraction of sp³-hybridized carbons (Fsp3) is 0.526. The first kappa shape index (κ1) is 17.6. The Balaban J connectivity index is 1.44. The molecular weight excluding hydrogens is 316 g/mol. The van der Waals surface area contributed by atoms with Crippen LogP contribution in [0.3, 0.4) is 0 Å². The summed E-state index contributed by atoms with van der Waals surface area (Å²) in [4.78, 5) is 22.9. The minimum atomic E-state index is -0.103. The predicted molar refractivity (Wildman–Crippen MR) is 97.5 cm³/mol. The highest BCUT2D eigenvalue weighted by atomic mass is 16.5. The quantitative estimate of drug-likeness (QED) is 0.872. The lowest BCUT2D eigenvalue weighted by Crippen LogP contribution is -2.42. The molecule has 0 atom stereocenters. The highest BCUT2D eigenvalue weighted by molar-refractivity contribution is 5.83. The van der Waals surface area contributed by atoms with Crippen molar-refractivity contribution in [3.05, 3.63) is 30.6 Å². The Labute approximate surface area is 148 Å². The molecule has 0 aliphatic carbocycles. The van der Waals surface area contributed by atoms with Crippen LogP contribution in [0.4, 0.5) is 0 Å². The molecule has 1 aromatic heterocycles. The van der Waals surface area contributed by atoms with Gasteiger partial charge in [0.05, 0.1) is 10.9 Å². The molecule has 6 nitrogen and oxygen atoms in total. The van der Waals surface area contributed by atoms with Crippen LogP contribution in [0.5, 0.6) is 5.88 Å². The molecule has 1 amide bonds. The molecule has 1 fully saturated rings. The number of nitrogens with zero attached hydrogens (tertiary/aromatic N) is 3. The molecule has 0 bridgehead atoms. The van der Waals surface area contributed by atoms with Crippen molar-refractivity contribution in [1.82, 2.24) is 20.2 Å². The van der Waals surface area contributed by atoms with Gasteiger partial charge in [0.1, 0.15) is 6.33 Å². The number of para-hydroxylation sites is 1. The van der Waals surface area contributed by atoms with Gasteiger partial charge in [-0.1, -0.05) is 12.1 Å². The van der Waals surface area contributed by atoms with E-state index in [0.29, 0.717) is 17.8 Å². The van der Waals surface area contributed by atoms with Crippen molar-refractivity contribution < 1.29 is 9.53 Å². The molecular formula is C19H26N4O2. The van der Waals surface area contributed by atoms with Crippen molar-refractivity contribution >= 4 is 16.8 Å². The van der Waals surface area contributed by atoms with Gasteiger partial charge in [-0.15, -0.1) is 0 Å². The number of hydrogen-bond acceptors (Lipinski definition) is 5. The number of piperidine rings is 1. The number of carbonyl (C=O) groups is 1. The van der Waals surface area contributed by atoms with Crippen molar-refractivity contribution in [3.8, 4) is 5.88 Å². The third-order valence-corrected chi connectivity index (χ3v) is 4.81. The second kappa shape index (κ2) is 8.25. The SMILES string of the molecule is CC(C)N1CCC(CNC(=O)COc2ncnc3ccccc23)CC1. The van der Waals surface area contributed by atoms with Crippen LogP contribution in [0.2, 0.25) is 0 Å². The van der Waals surface area contributed by atoms with E-state index in [4.69, 9.17) is 4.74 Å². The normalized spacial score (nSPS) is 16.3. The highest BCUT2D eigenvalue weighted by Crippen LogP contribution is 2.20. The number of carbonyl (C=O) groups excluding carboxylic acids is 1. The van der Waals surface area contributed by atoms with Crippen LogP contribution in [0.15, 0.2) is 30.6 Å². The van der Waals surface area contributed by atoms with Crippen molar-refractivity contribution in [2.45, 2.75) is 32.7 Å². The smallest absolute Gasteiger partial charge is 0.258 e. The van der Waals surface area contributed by atoms with Gasteiger partial charge in [0.25, 0.3) is 5.91 Å². The summed E-state index contributed by atoms with van der Waals surface area (Å²) in [7, 11) is 0. The number of amides is 1. The zero-order chi connectivity index (χ0) is 17.6. The highest BCUT2D eigenvalue weighted by Gasteiger charge is 2.21. The number of rotatable bonds is 6. The van der Waals surface area contributed by atoms with Gasteiger partial charge in [0.15, 0.2) is 6.61 Å². The lowest BCUT2D eigenvalue weighted by atomic mass is 9.96. The minimum Gasteiger partial charge on any atom is -0.467 e. The standard InChI is InChI=1S/C19H26N4O2/c1-14(2)23-9-7-15(8-10-23)11-20-18(24)12-25-19-16-5-3-4-6-17(16)21-13-22-19/h3-6,13-15H,7-12H2,1-2H3,(H,20,24). The molecule has 2 aromatic rings. The summed E-state index contributed by atoms with van der Waals surface area (Å²) in [6, 6.07) is 8.21. The van der Waals surface area contributed by atoms with Crippen molar-refractivity contribution in [3.63, 3.8) is 0 Å². The zero-order valence-electron chi connectivity index (χ0n) is 14.9. The topological polar surface area (TPSA) is 67.4 Å². The Kier molecular flexibility index (Phi) is 5.81. The maximum atomic E-state index is 12.1. The first-order chi connectivity index (χ1) is 12.1. The molecule has 1 aliphatic rings. The predicted octanol–water partition coefficient (Wildman–Crippen LogP) is 2.25. The van der Waals surface area contributed by atoms with Gasteiger partial charge in [0, 0.05) is 12.6 Å². The molecule has 6 heteroatoms. The second-order valence-electron chi connectivity index (χ2n) is 6.86. The van der Waals surface area contributed by atoms with Crippen molar-refractivity contribution in [2.75, 3.05) is 26.2 Å². The van der Waals surface area contributed by atoms with Crippen LogP contribution in [-0.4, -0.2) is 53.1 Å². The van der Waals surface area contributed by atoms with Crippen LogP contribution < -0.4 is 10.1 Å². The molecule has 0 radical (unpaired) electrons. The van der Waals surface area contributed by atoms with E-state index < -0.39 is 0 Å². The van der Waals surface area contributed by atoms with Crippen LogP contribution >= 0.6 is 0 Å². The molecule has 2 heterocycles. The van der Waals surface area contributed by atoms with Crippen LogP contribution in [0.25, 0.3) is 10.9 Å². The fourth-order valence-electron chi connectivity index (χ4n) is 3.21. The molecule has 3 rings (SSSR count). The van der Waals surface area contributed by atoms with Gasteiger partial charge in [-0.2, -0.15) is 0 Å². The molecule has 0 saturated carbocycles. The van der Waals surface area contributed by atoms with E-state index in [-0.39, 0.29) is 12.5 Å². The summed E-state index contributed by atoms with van der Waals surface area (Å²) in [5.74, 6) is 0.902. The maximum Gasteiger partial charge on any atom is 0.258 e. The van der Waals surface area contributed by atoms with Crippen LogP contribution in [0.1, 0.15) is 26.7 Å². The monoisotopic (exact) mass is 342 g/mol. The van der Waals surface area contributed by atoms with Crippen LogP contribution in [-0.2, 0) is 4.79 Å². The van der Waals surface area contributed by atoms with Gasteiger partial charge in [-0.3, -0.25) is 4.79 Å². The lowest BCUT2D eigenvalue weighted by molar-refractivity contribution is -0.123. The fourth-order valence-corrected chi connectivity index (χ4v) is 3.21. The number of likely N-dealkylation sites (tertiary alicyclic amines) is 1. The molecule has 0 spiro atoms. The number of hydrogen-bond donors (Lipinski definition) is 1. The summed E-state index contributed by atoms with van der Waals surface area (Å²) in [6.45, 7) is 7.39. The van der Waals surface area contributed by atoms with Gasteiger partial charge >= 0.3 is 0 Å². The summed E-state index contributed by atoms with van der Waals surface area (Å²) in [5, 5.41) is 3.81. The van der Waals surface area contributed by atoms with Gasteiger partial charge in [-0.25, -0.2) is 9.97 Å². The Hall–Kier alpha value is -2.21. The van der Waals surface area contributed by atoms with Crippen LogP contribution in [0, 0.1) is 5.92 Å². The summed E-state index contributed by atoms with van der Waals surface area (Å²) in [6.07, 6.45) is 3.73. The lowest BCUT2D eigenvalue weighted by Gasteiger charge is -2.34. The number of fused-ring (bicyclic) bond motifs is 1. The van der Waals surface area contributed by atoms with E-state index in [1.54, 1.807) is 0 Å². The van der Waals surface area contributed by atoms with Gasteiger partial charge < -0.3 is 15.0 Å². The Morgan fingerprint density at radius 2 is 2.04 bits per heavy atom. The second-order valence-corrected chi connectivity index (χ2v) is 6.86. The number of ether oxygens (including phenoxy) is 1. The van der Waals surface area contributed by atoms with Crippen molar-refractivity contribution in [2.24, 2.45) is 5.92 Å². The summed E-state index contributed by atoms with van der Waals surface area (Å²) < 4.78 is 5.60. The maximum absolute atomic E-state index is 12.1.